The van der Waals surface area contributed by atoms with Crippen LogP contribution in [0.25, 0.3) is 5.76 Å². The monoisotopic (exact) mass is 481 g/mol. The van der Waals surface area contributed by atoms with Gasteiger partial charge in [0.25, 0.3) is 5.91 Å². The molecule has 35 heavy (non-hydrogen) atoms. The van der Waals surface area contributed by atoms with E-state index in [1.807, 2.05) is 12.1 Å². The third-order valence-electron chi connectivity index (χ3n) is 8.14. The molecule has 3 unspecified atom stereocenters. The first-order valence-electron chi connectivity index (χ1n) is 12.2. The van der Waals surface area contributed by atoms with E-state index in [2.05, 4.69) is 17.3 Å². The first kappa shape index (κ1) is 23.6. The highest BCUT2D eigenvalue weighted by molar-refractivity contribution is 6.21. The maximum Gasteiger partial charge on any atom is 0.255 e. The molecule has 1 heterocycles. The Morgan fingerprint density at radius 2 is 1.86 bits per heavy atom. The minimum absolute atomic E-state index is 0.0526. The second kappa shape index (κ2) is 8.80. The van der Waals surface area contributed by atoms with Gasteiger partial charge < -0.3 is 31.3 Å². The number of aliphatic hydroxyl groups excluding tert-OH is 2. The number of nitrogens with two attached hydrogens (primary N) is 1. The number of piperidine rings is 1. The number of likely N-dealkylation sites (tertiary alicyclic amines) is 1. The lowest BCUT2D eigenvalue weighted by atomic mass is 9.61. The van der Waals surface area contributed by atoms with E-state index < -0.39 is 40.6 Å². The number of nitrogens with zero attached hydrogens (tertiary/aromatic N) is 1. The van der Waals surface area contributed by atoms with Crippen LogP contribution < -0.4 is 11.1 Å². The van der Waals surface area contributed by atoms with E-state index in [9.17, 15) is 29.7 Å². The summed E-state index contributed by atoms with van der Waals surface area (Å²) < 4.78 is 0. The predicted octanol–water partition coefficient (Wildman–Crippen LogP) is 1.49. The van der Waals surface area contributed by atoms with Gasteiger partial charge in [0.05, 0.1) is 11.5 Å². The minimum atomic E-state index is -1.10. The molecule has 0 spiro atoms. The standard InChI is InChI=1S/C26H31N3O6/c1-29-6-4-16(5-7-29)28-11-13-3-2-12-8-14-9-15-10-17(30)21(26(27)35)25(34)20(15)24(33)19(14)23(32)18(12)22(13)31/h2-3,14-16,20,28,31-32,34H,4-11H2,1H3,(H2,27,35). The lowest BCUT2D eigenvalue weighted by Crippen LogP contribution is -2.44. The van der Waals surface area contributed by atoms with Crippen molar-refractivity contribution in [3.8, 4) is 5.75 Å². The molecule has 1 amide bonds. The van der Waals surface area contributed by atoms with Gasteiger partial charge in [0.2, 0.25) is 0 Å². The number of primary amides is 1. The van der Waals surface area contributed by atoms with Crippen LogP contribution >= 0.6 is 0 Å². The molecule has 3 atom stereocenters. The number of aromatic hydroxyl groups is 1. The van der Waals surface area contributed by atoms with Crippen molar-refractivity contribution >= 4 is 23.2 Å². The summed E-state index contributed by atoms with van der Waals surface area (Å²) in [6, 6.07) is 4.07. The van der Waals surface area contributed by atoms with Crippen molar-refractivity contribution in [2.45, 2.75) is 44.7 Å². The number of phenols is 1. The van der Waals surface area contributed by atoms with Crippen LogP contribution in [0.15, 0.2) is 29.0 Å². The molecule has 6 N–H and O–H groups in total. The molecule has 5 rings (SSSR count). The van der Waals surface area contributed by atoms with Gasteiger partial charge in [-0.2, -0.15) is 0 Å². The Balaban J connectivity index is 1.46. The number of carbonyl (C=O) groups excluding carboxylic acids is 3. The van der Waals surface area contributed by atoms with Crippen molar-refractivity contribution in [3.05, 3.63) is 45.7 Å². The van der Waals surface area contributed by atoms with Crippen LogP contribution in [0.3, 0.4) is 0 Å². The van der Waals surface area contributed by atoms with Gasteiger partial charge in [-0.25, -0.2) is 0 Å². The summed E-state index contributed by atoms with van der Waals surface area (Å²) in [5, 5.41) is 36.4. The van der Waals surface area contributed by atoms with Crippen LogP contribution in [0, 0.1) is 17.8 Å². The van der Waals surface area contributed by atoms with E-state index >= 15 is 0 Å². The normalized spacial score (nSPS) is 27.5. The van der Waals surface area contributed by atoms with Gasteiger partial charge in [-0.15, -0.1) is 0 Å². The molecule has 0 bridgehead atoms. The molecule has 0 aromatic heterocycles. The Morgan fingerprint density at radius 3 is 2.54 bits per heavy atom. The molecule has 9 heteroatoms. The Bertz CT molecular complexity index is 1180. The summed E-state index contributed by atoms with van der Waals surface area (Å²) in [7, 11) is 2.10. The van der Waals surface area contributed by atoms with E-state index in [0.29, 0.717) is 31.0 Å². The van der Waals surface area contributed by atoms with E-state index in [1.165, 1.54) is 0 Å². The van der Waals surface area contributed by atoms with Gasteiger partial charge in [-0.05, 0) is 63.2 Å². The number of aliphatic hydroxyl groups is 2. The number of ketones is 2. The van der Waals surface area contributed by atoms with Gasteiger partial charge >= 0.3 is 0 Å². The molecular formula is C26H31N3O6. The van der Waals surface area contributed by atoms with Crippen LogP contribution in [0.5, 0.6) is 5.75 Å². The van der Waals surface area contributed by atoms with Crippen LogP contribution in [0.4, 0.5) is 0 Å². The van der Waals surface area contributed by atoms with Crippen LogP contribution in [0.1, 0.15) is 42.4 Å². The Kier molecular flexibility index (Phi) is 5.93. The molecule has 2 fully saturated rings. The summed E-state index contributed by atoms with van der Waals surface area (Å²) in [6.07, 6.45) is 2.81. The molecule has 4 aliphatic rings. The predicted molar refractivity (Wildman–Crippen MR) is 127 cm³/mol. The van der Waals surface area contributed by atoms with Crippen LogP contribution in [0.2, 0.25) is 0 Å². The quantitative estimate of drug-likeness (QED) is 0.406. The van der Waals surface area contributed by atoms with Crippen molar-refractivity contribution in [1.29, 1.82) is 0 Å². The number of nitrogens with one attached hydrogen (secondary N) is 1. The summed E-state index contributed by atoms with van der Waals surface area (Å²) in [5.74, 6) is -4.99. The molecule has 1 aliphatic heterocycles. The lowest BCUT2D eigenvalue weighted by molar-refractivity contribution is -0.127. The van der Waals surface area contributed by atoms with Gasteiger partial charge in [0.1, 0.15) is 22.8 Å². The number of hydrogen-bond acceptors (Lipinski definition) is 8. The smallest absolute Gasteiger partial charge is 0.255 e. The second-order valence-corrected chi connectivity index (χ2v) is 10.3. The Morgan fingerprint density at radius 1 is 1.14 bits per heavy atom. The Labute approximate surface area is 203 Å². The highest BCUT2D eigenvalue weighted by Gasteiger charge is 2.50. The molecule has 1 saturated heterocycles. The van der Waals surface area contributed by atoms with Gasteiger partial charge in [-0.3, -0.25) is 14.4 Å². The SMILES string of the molecule is CN1CCC(NCc2ccc3c(c2O)C(O)=C2C(=O)C4C(O)=C(C(N)=O)C(=O)CC4CC2C3)CC1. The average molecular weight is 482 g/mol. The van der Waals surface area contributed by atoms with Crippen LogP contribution in [-0.2, 0) is 27.3 Å². The maximum absolute atomic E-state index is 13.5. The Hall–Kier alpha value is -3.17. The molecule has 3 aliphatic carbocycles. The third kappa shape index (κ3) is 3.92. The van der Waals surface area contributed by atoms with Gasteiger partial charge in [-0.1, -0.05) is 12.1 Å². The highest BCUT2D eigenvalue weighted by Crippen LogP contribution is 2.50. The van der Waals surface area contributed by atoms with E-state index in [0.717, 1.165) is 31.5 Å². The fourth-order valence-electron chi connectivity index (χ4n) is 6.27. The number of rotatable bonds is 4. The maximum atomic E-state index is 13.5. The number of Topliss-reactive ketones (excluding diaryl/α,β-unsaturated/α-hetero) is 2. The van der Waals surface area contributed by atoms with E-state index in [4.69, 9.17) is 5.73 Å². The number of fused-ring (bicyclic) bond motifs is 3. The summed E-state index contributed by atoms with van der Waals surface area (Å²) in [4.78, 5) is 39.8. The molecule has 1 saturated carbocycles. The van der Waals surface area contributed by atoms with Crippen molar-refractivity contribution in [2.24, 2.45) is 23.5 Å². The number of amides is 1. The van der Waals surface area contributed by atoms with Crippen molar-refractivity contribution in [3.63, 3.8) is 0 Å². The topological polar surface area (TPSA) is 153 Å². The largest absolute Gasteiger partial charge is 0.511 e. The second-order valence-electron chi connectivity index (χ2n) is 10.3. The summed E-state index contributed by atoms with van der Waals surface area (Å²) >= 11 is 0. The van der Waals surface area contributed by atoms with E-state index in [-0.39, 0.29) is 35.0 Å². The van der Waals surface area contributed by atoms with Crippen molar-refractivity contribution in [2.75, 3.05) is 20.1 Å². The molecule has 9 nitrogen and oxygen atoms in total. The fourth-order valence-corrected chi connectivity index (χ4v) is 6.27. The van der Waals surface area contributed by atoms with Gasteiger partial charge in [0.15, 0.2) is 11.6 Å². The number of benzene rings is 1. The molecular weight excluding hydrogens is 450 g/mol. The summed E-state index contributed by atoms with van der Waals surface area (Å²) in [6.45, 7) is 2.46. The zero-order chi connectivity index (χ0) is 25.0. The zero-order valence-corrected chi connectivity index (χ0v) is 19.7. The van der Waals surface area contributed by atoms with Gasteiger partial charge in [0, 0.05) is 30.1 Å². The van der Waals surface area contributed by atoms with E-state index in [1.54, 1.807) is 0 Å². The molecule has 1 aromatic rings. The molecule has 0 radical (unpaired) electrons. The highest BCUT2D eigenvalue weighted by atomic mass is 16.3. The molecule has 186 valence electrons. The van der Waals surface area contributed by atoms with Crippen molar-refractivity contribution in [1.82, 2.24) is 10.2 Å². The number of allylic oxidation sites excluding steroid dienone is 2. The lowest BCUT2D eigenvalue weighted by Gasteiger charge is -2.41. The molecule has 1 aromatic carbocycles. The average Bonchev–Trinajstić information content (AvgIpc) is 2.78. The number of phenolic OH excluding ortho intramolecular Hbond substituents is 1. The number of carbonyl (C=O) groups is 3. The van der Waals surface area contributed by atoms with Crippen LogP contribution in [-0.4, -0.2) is 63.9 Å². The first-order chi connectivity index (χ1) is 16.7. The van der Waals surface area contributed by atoms with Crippen molar-refractivity contribution < 1.29 is 29.7 Å². The third-order valence-corrected chi connectivity index (χ3v) is 8.14. The fraction of sp³-hybridized carbons (Fsp3) is 0.500. The first-order valence-corrected chi connectivity index (χ1v) is 12.2. The number of hydrogen-bond donors (Lipinski definition) is 5. The zero-order valence-electron chi connectivity index (χ0n) is 19.7. The minimum Gasteiger partial charge on any atom is -0.511 e. The summed E-state index contributed by atoms with van der Waals surface area (Å²) in [5.41, 5.74) is 6.50.